The molecule has 1 saturated carbocycles. The van der Waals surface area contributed by atoms with Crippen molar-refractivity contribution in [2.75, 3.05) is 31.1 Å². The number of para-hydroxylation sites is 2. The number of benzene rings is 1. The Kier molecular flexibility index (Phi) is 6.73. The Morgan fingerprint density at radius 3 is 2.48 bits per heavy atom. The Morgan fingerprint density at radius 2 is 1.71 bits per heavy atom. The second-order valence-corrected chi connectivity index (χ2v) is 8.96. The fraction of sp³-hybridized carbons (Fsp3) is 0.652. The number of amides is 1. The number of nitro groups is 1. The molecule has 2 aliphatic heterocycles. The van der Waals surface area contributed by atoms with Crippen molar-refractivity contribution < 1.29 is 19.2 Å². The predicted octanol–water partition coefficient (Wildman–Crippen LogP) is 3.54. The van der Waals surface area contributed by atoms with Gasteiger partial charge >= 0.3 is 5.97 Å². The van der Waals surface area contributed by atoms with E-state index >= 15 is 0 Å². The third-order valence-electron chi connectivity index (χ3n) is 7.15. The molecule has 168 valence electrons. The van der Waals surface area contributed by atoms with E-state index in [1.54, 1.807) is 18.2 Å². The molecule has 2 atom stereocenters. The smallest absolute Gasteiger partial charge is 0.309 e. The zero-order valence-corrected chi connectivity index (χ0v) is 17.9. The molecule has 1 aromatic rings. The van der Waals surface area contributed by atoms with Gasteiger partial charge in [0, 0.05) is 31.7 Å². The predicted molar refractivity (Wildman–Crippen MR) is 116 cm³/mol. The van der Waals surface area contributed by atoms with Gasteiger partial charge in [0.15, 0.2) is 6.61 Å². The molecule has 8 heteroatoms. The summed E-state index contributed by atoms with van der Waals surface area (Å²) < 4.78 is 5.42. The van der Waals surface area contributed by atoms with Crippen molar-refractivity contribution in [2.24, 2.45) is 11.8 Å². The van der Waals surface area contributed by atoms with E-state index in [1.165, 1.54) is 31.7 Å². The Balaban J connectivity index is 1.27. The second-order valence-electron chi connectivity index (χ2n) is 8.96. The van der Waals surface area contributed by atoms with Gasteiger partial charge in [0.2, 0.25) is 0 Å². The molecule has 1 amide bonds. The minimum atomic E-state index is -0.376. The third kappa shape index (κ3) is 4.83. The standard InChI is InChI=1S/C23H31N3O5/c27-22(25-13-5-7-17-6-1-2-8-19(17)25)16-31-23(28)18-11-14-24(15-12-18)20-9-3-4-10-21(20)26(29)30/h3-4,9-10,17-19H,1-2,5-8,11-16H2/t17-,19+/m1/s1. The Hall–Kier alpha value is -2.64. The topological polar surface area (TPSA) is 93.0 Å². The molecule has 0 N–H and O–H groups in total. The lowest BCUT2D eigenvalue weighted by atomic mass is 9.78. The fourth-order valence-corrected chi connectivity index (χ4v) is 5.51. The normalized spacial score (nSPS) is 24.4. The lowest BCUT2D eigenvalue weighted by Crippen LogP contribution is -2.51. The number of piperidine rings is 2. The van der Waals surface area contributed by atoms with E-state index in [-0.39, 0.29) is 35.0 Å². The first-order valence-electron chi connectivity index (χ1n) is 11.5. The van der Waals surface area contributed by atoms with E-state index in [0.717, 1.165) is 19.4 Å². The van der Waals surface area contributed by atoms with Gasteiger partial charge in [-0.25, -0.2) is 0 Å². The Morgan fingerprint density at radius 1 is 1.00 bits per heavy atom. The SMILES string of the molecule is O=C(OCC(=O)N1CCC[C@H]2CCCC[C@@H]21)C1CCN(c2ccccc2[N+](=O)[O-])CC1. The maximum atomic E-state index is 12.8. The van der Waals surface area contributed by atoms with Crippen LogP contribution in [0.25, 0.3) is 0 Å². The highest BCUT2D eigenvalue weighted by Gasteiger charge is 2.36. The van der Waals surface area contributed by atoms with E-state index < -0.39 is 0 Å². The molecule has 8 nitrogen and oxygen atoms in total. The number of ether oxygens (including phenoxy) is 1. The number of rotatable bonds is 5. The molecule has 0 aromatic heterocycles. The first-order chi connectivity index (χ1) is 15.0. The zero-order chi connectivity index (χ0) is 21.8. The van der Waals surface area contributed by atoms with Gasteiger partial charge < -0.3 is 14.5 Å². The van der Waals surface area contributed by atoms with Crippen LogP contribution in [0.2, 0.25) is 0 Å². The van der Waals surface area contributed by atoms with Gasteiger partial charge in [-0.15, -0.1) is 0 Å². The monoisotopic (exact) mass is 429 g/mol. The van der Waals surface area contributed by atoms with Crippen molar-refractivity contribution in [3.63, 3.8) is 0 Å². The van der Waals surface area contributed by atoms with Gasteiger partial charge in [-0.2, -0.15) is 0 Å². The molecule has 0 radical (unpaired) electrons. The summed E-state index contributed by atoms with van der Waals surface area (Å²) in [6, 6.07) is 7.00. The third-order valence-corrected chi connectivity index (χ3v) is 7.15. The summed E-state index contributed by atoms with van der Waals surface area (Å²) in [4.78, 5) is 40.1. The van der Waals surface area contributed by atoms with Crippen molar-refractivity contribution in [1.29, 1.82) is 0 Å². The van der Waals surface area contributed by atoms with Gasteiger partial charge in [0.1, 0.15) is 5.69 Å². The maximum Gasteiger partial charge on any atom is 0.309 e. The van der Waals surface area contributed by atoms with Gasteiger partial charge in [0.25, 0.3) is 11.6 Å². The highest BCUT2D eigenvalue weighted by atomic mass is 16.6. The van der Waals surface area contributed by atoms with Crippen LogP contribution in [0.4, 0.5) is 11.4 Å². The summed E-state index contributed by atoms with van der Waals surface area (Å²) in [5, 5.41) is 11.3. The first-order valence-corrected chi connectivity index (χ1v) is 11.5. The number of likely N-dealkylation sites (tertiary alicyclic amines) is 1. The quantitative estimate of drug-likeness (QED) is 0.404. The molecule has 31 heavy (non-hydrogen) atoms. The lowest BCUT2D eigenvalue weighted by molar-refractivity contribution is -0.384. The van der Waals surface area contributed by atoms with Crippen molar-refractivity contribution in [3.05, 3.63) is 34.4 Å². The van der Waals surface area contributed by atoms with Crippen LogP contribution < -0.4 is 4.90 Å². The van der Waals surface area contributed by atoms with Crippen LogP contribution in [0.1, 0.15) is 51.4 Å². The average Bonchev–Trinajstić information content (AvgIpc) is 2.82. The van der Waals surface area contributed by atoms with E-state index in [2.05, 4.69) is 0 Å². The number of carbonyl (C=O) groups excluding carboxylic acids is 2. The Bertz CT molecular complexity index is 819. The zero-order valence-electron chi connectivity index (χ0n) is 17.9. The van der Waals surface area contributed by atoms with E-state index in [1.807, 2.05) is 9.80 Å². The summed E-state index contributed by atoms with van der Waals surface area (Å²) >= 11 is 0. The molecule has 2 heterocycles. The summed E-state index contributed by atoms with van der Waals surface area (Å²) in [6.07, 6.45) is 8.05. The molecule has 0 unspecified atom stereocenters. The first kappa shape index (κ1) is 21.6. The minimum absolute atomic E-state index is 0.0673. The van der Waals surface area contributed by atoms with Gasteiger partial charge in [-0.3, -0.25) is 19.7 Å². The van der Waals surface area contributed by atoms with Crippen LogP contribution in [0.3, 0.4) is 0 Å². The van der Waals surface area contributed by atoms with Crippen LogP contribution in [-0.2, 0) is 14.3 Å². The van der Waals surface area contributed by atoms with Gasteiger partial charge in [0.05, 0.1) is 10.8 Å². The summed E-state index contributed by atoms with van der Waals surface area (Å²) in [6.45, 7) is 1.70. The fourth-order valence-electron chi connectivity index (χ4n) is 5.51. The van der Waals surface area contributed by atoms with Crippen LogP contribution in [-0.4, -0.2) is 54.0 Å². The number of nitrogens with zero attached hydrogens (tertiary/aromatic N) is 3. The molecule has 3 fully saturated rings. The molecule has 1 aliphatic carbocycles. The van der Waals surface area contributed by atoms with Crippen molar-refractivity contribution in [3.8, 4) is 0 Å². The number of hydrogen-bond donors (Lipinski definition) is 0. The van der Waals surface area contributed by atoms with Crippen molar-refractivity contribution >= 4 is 23.3 Å². The highest BCUT2D eigenvalue weighted by Crippen LogP contribution is 2.35. The molecule has 3 aliphatic rings. The lowest BCUT2D eigenvalue weighted by Gasteiger charge is -2.44. The average molecular weight is 430 g/mol. The van der Waals surface area contributed by atoms with E-state index in [9.17, 15) is 19.7 Å². The van der Waals surface area contributed by atoms with Gasteiger partial charge in [-0.1, -0.05) is 25.0 Å². The molecular formula is C23H31N3O5. The number of fused-ring (bicyclic) bond motifs is 1. The number of carbonyl (C=O) groups is 2. The van der Waals surface area contributed by atoms with Crippen LogP contribution in [0.5, 0.6) is 0 Å². The number of anilines is 1. The van der Waals surface area contributed by atoms with Crippen molar-refractivity contribution in [2.45, 2.75) is 57.4 Å². The molecule has 2 saturated heterocycles. The van der Waals surface area contributed by atoms with Crippen LogP contribution >= 0.6 is 0 Å². The molecular weight excluding hydrogens is 398 g/mol. The number of nitro benzene ring substituents is 1. The maximum absolute atomic E-state index is 12.8. The molecule has 4 rings (SSSR count). The largest absolute Gasteiger partial charge is 0.455 e. The molecule has 1 aromatic carbocycles. The summed E-state index contributed by atoms with van der Waals surface area (Å²) in [5.41, 5.74) is 0.665. The molecule has 0 spiro atoms. The summed E-state index contributed by atoms with van der Waals surface area (Å²) in [7, 11) is 0. The minimum Gasteiger partial charge on any atom is -0.455 e. The van der Waals surface area contributed by atoms with Crippen LogP contribution in [0, 0.1) is 22.0 Å². The molecule has 0 bridgehead atoms. The van der Waals surface area contributed by atoms with Crippen LogP contribution in [0.15, 0.2) is 24.3 Å². The second kappa shape index (κ2) is 9.66. The Labute approximate surface area is 182 Å². The number of esters is 1. The van der Waals surface area contributed by atoms with Crippen molar-refractivity contribution in [1.82, 2.24) is 4.90 Å². The van der Waals surface area contributed by atoms with E-state index in [4.69, 9.17) is 4.74 Å². The van der Waals surface area contributed by atoms with E-state index in [0.29, 0.717) is 43.6 Å². The number of hydrogen-bond acceptors (Lipinski definition) is 6. The highest BCUT2D eigenvalue weighted by molar-refractivity contribution is 5.82. The summed E-state index contributed by atoms with van der Waals surface area (Å²) in [5.74, 6) is -0.0563. The van der Waals surface area contributed by atoms with Gasteiger partial charge in [-0.05, 0) is 50.5 Å².